The highest BCUT2D eigenvalue weighted by molar-refractivity contribution is 6.06. The number of ether oxygens (including phenoxy) is 2. The number of amides is 1. The number of hydrogen-bond acceptors (Lipinski definition) is 6. The zero-order chi connectivity index (χ0) is 25.1. The van der Waals surface area contributed by atoms with Crippen molar-refractivity contribution in [1.82, 2.24) is 14.8 Å². The number of carbonyl (C=O) groups excluding carboxylic acids is 1. The molecule has 4 rings (SSSR count). The molecule has 1 aromatic heterocycles. The van der Waals surface area contributed by atoms with Gasteiger partial charge in [-0.25, -0.2) is 4.68 Å². The molecule has 0 bridgehead atoms. The van der Waals surface area contributed by atoms with Crippen LogP contribution in [0.1, 0.15) is 49.9 Å². The highest BCUT2D eigenvalue weighted by atomic mass is 16.5. The molecule has 0 fully saturated rings. The lowest BCUT2D eigenvalue weighted by Gasteiger charge is -2.29. The van der Waals surface area contributed by atoms with Crippen LogP contribution in [0.4, 0.5) is 11.6 Å². The van der Waals surface area contributed by atoms with E-state index in [9.17, 15) is 4.79 Å². The average Bonchev–Trinajstić information content (AvgIpc) is 3.28. The number of nitrogens with one attached hydrogen (secondary N) is 2. The second-order valence-corrected chi connectivity index (χ2v) is 9.31. The molecular weight excluding hydrogens is 442 g/mol. The summed E-state index contributed by atoms with van der Waals surface area (Å²) >= 11 is 0. The molecule has 2 N–H and O–H groups in total. The first kappa shape index (κ1) is 24.3. The van der Waals surface area contributed by atoms with Gasteiger partial charge in [0.15, 0.2) is 11.5 Å². The standard InChI is InChI=1S/C27H33N5O3/c1-16(2)11-12-35-22-10-8-20(14-23(22)34-6)25-24(19(5)30-27-28-15-29-32(25)27)26(33)31-21-9-7-17(3)13-18(21)4/h7-10,13-16,25H,11-12H2,1-6H3,(H,31,33)(H,28,29,30). The van der Waals surface area contributed by atoms with Crippen molar-refractivity contribution in [3.05, 3.63) is 70.7 Å². The largest absolute Gasteiger partial charge is 0.493 e. The van der Waals surface area contributed by atoms with Gasteiger partial charge in [-0.15, -0.1) is 0 Å². The van der Waals surface area contributed by atoms with Crippen molar-refractivity contribution in [2.75, 3.05) is 24.4 Å². The minimum Gasteiger partial charge on any atom is -0.493 e. The molecule has 1 amide bonds. The van der Waals surface area contributed by atoms with Gasteiger partial charge in [0.2, 0.25) is 5.95 Å². The number of aromatic nitrogens is 3. The van der Waals surface area contributed by atoms with Crippen LogP contribution in [0.25, 0.3) is 0 Å². The molecule has 1 aliphatic rings. The molecule has 184 valence electrons. The number of rotatable bonds is 8. The summed E-state index contributed by atoms with van der Waals surface area (Å²) in [6.07, 6.45) is 2.43. The maximum Gasteiger partial charge on any atom is 0.255 e. The van der Waals surface area contributed by atoms with E-state index < -0.39 is 6.04 Å². The van der Waals surface area contributed by atoms with Crippen molar-refractivity contribution in [3.63, 3.8) is 0 Å². The highest BCUT2D eigenvalue weighted by Crippen LogP contribution is 2.39. The van der Waals surface area contributed by atoms with Gasteiger partial charge >= 0.3 is 0 Å². The van der Waals surface area contributed by atoms with E-state index in [2.05, 4.69) is 34.6 Å². The first-order valence-electron chi connectivity index (χ1n) is 11.8. The summed E-state index contributed by atoms with van der Waals surface area (Å²) in [7, 11) is 1.62. The Balaban J connectivity index is 1.70. The average molecular weight is 476 g/mol. The number of allylic oxidation sites excluding steroid dienone is 1. The minimum atomic E-state index is -0.488. The molecule has 1 aliphatic heterocycles. The molecule has 8 heteroatoms. The molecule has 2 heterocycles. The van der Waals surface area contributed by atoms with Gasteiger partial charge in [0, 0.05) is 11.4 Å². The number of anilines is 2. The molecule has 1 atom stereocenters. The van der Waals surface area contributed by atoms with E-state index in [-0.39, 0.29) is 5.91 Å². The predicted octanol–water partition coefficient (Wildman–Crippen LogP) is 5.26. The van der Waals surface area contributed by atoms with E-state index in [0.29, 0.717) is 41.2 Å². The van der Waals surface area contributed by atoms with Gasteiger partial charge in [-0.3, -0.25) is 4.79 Å². The van der Waals surface area contributed by atoms with Crippen LogP contribution in [0, 0.1) is 19.8 Å². The Labute approximate surface area is 206 Å². The molecule has 0 spiro atoms. The maximum absolute atomic E-state index is 13.6. The fourth-order valence-corrected chi connectivity index (χ4v) is 4.21. The van der Waals surface area contributed by atoms with Gasteiger partial charge in [-0.05, 0) is 62.4 Å². The van der Waals surface area contributed by atoms with Crippen LogP contribution in [0.5, 0.6) is 11.5 Å². The Kier molecular flexibility index (Phi) is 7.10. The Morgan fingerprint density at radius 3 is 2.66 bits per heavy atom. The monoisotopic (exact) mass is 475 g/mol. The van der Waals surface area contributed by atoms with E-state index in [1.54, 1.807) is 11.8 Å². The van der Waals surface area contributed by atoms with Gasteiger partial charge in [-0.1, -0.05) is 37.6 Å². The quantitative estimate of drug-likeness (QED) is 0.462. The number of hydrogen-bond donors (Lipinski definition) is 2. The Bertz CT molecular complexity index is 1260. The second-order valence-electron chi connectivity index (χ2n) is 9.31. The predicted molar refractivity (Wildman–Crippen MR) is 137 cm³/mol. The molecule has 3 aromatic rings. The molecular formula is C27H33N5O3. The summed E-state index contributed by atoms with van der Waals surface area (Å²) in [6, 6.07) is 11.2. The van der Waals surface area contributed by atoms with Crippen LogP contribution in [0.2, 0.25) is 0 Å². The SMILES string of the molecule is COc1cc(C2C(C(=O)Nc3ccc(C)cc3C)=C(C)Nc3ncnn32)ccc1OCCC(C)C. The van der Waals surface area contributed by atoms with Gasteiger partial charge in [0.1, 0.15) is 12.4 Å². The van der Waals surface area contributed by atoms with Crippen molar-refractivity contribution in [2.45, 2.75) is 47.1 Å². The number of fused-ring (bicyclic) bond motifs is 1. The zero-order valence-corrected chi connectivity index (χ0v) is 21.2. The van der Waals surface area contributed by atoms with Crippen molar-refractivity contribution in [1.29, 1.82) is 0 Å². The summed E-state index contributed by atoms with van der Waals surface area (Å²) in [5, 5.41) is 10.7. The third kappa shape index (κ3) is 5.16. The van der Waals surface area contributed by atoms with Crippen LogP contribution in [-0.2, 0) is 4.79 Å². The van der Waals surface area contributed by atoms with Crippen molar-refractivity contribution < 1.29 is 14.3 Å². The zero-order valence-electron chi connectivity index (χ0n) is 21.2. The summed E-state index contributed by atoms with van der Waals surface area (Å²) < 4.78 is 13.3. The lowest BCUT2D eigenvalue weighted by atomic mass is 9.94. The summed E-state index contributed by atoms with van der Waals surface area (Å²) in [5.41, 5.74) is 5.03. The normalized spacial score (nSPS) is 15.0. The maximum atomic E-state index is 13.6. The van der Waals surface area contributed by atoms with E-state index in [4.69, 9.17) is 9.47 Å². The minimum absolute atomic E-state index is 0.204. The topological polar surface area (TPSA) is 90.3 Å². The fourth-order valence-electron chi connectivity index (χ4n) is 4.21. The van der Waals surface area contributed by atoms with E-state index in [1.165, 1.54) is 6.33 Å². The van der Waals surface area contributed by atoms with Crippen LogP contribution in [-0.4, -0.2) is 34.4 Å². The van der Waals surface area contributed by atoms with E-state index in [0.717, 1.165) is 28.8 Å². The number of aryl methyl sites for hydroxylation is 2. The van der Waals surface area contributed by atoms with E-state index in [1.807, 2.05) is 57.2 Å². The van der Waals surface area contributed by atoms with E-state index >= 15 is 0 Å². The number of nitrogens with zero attached hydrogens (tertiary/aromatic N) is 3. The van der Waals surface area contributed by atoms with Crippen molar-refractivity contribution in [2.24, 2.45) is 5.92 Å². The molecule has 0 radical (unpaired) electrons. The molecule has 8 nitrogen and oxygen atoms in total. The third-order valence-corrected chi connectivity index (χ3v) is 6.13. The second kappa shape index (κ2) is 10.2. The Hall–Kier alpha value is -3.81. The molecule has 1 unspecified atom stereocenters. The lowest BCUT2D eigenvalue weighted by Crippen LogP contribution is -2.31. The molecule has 0 aliphatic carbocycles. The fraction of sp³-hybridized carbons (Fsp3) is 0.370. The first-order valence-corrected chi connectivity index (χ1v) is 11.8. The number of methoxy groups -OCH3 is 1. The lowest BCUT2D eigenvalue weighted by molar-refractivity contribution is -0.113. The van der Waals surface area contributed by atoms with Crippen LogP contribution in [0.3, 0.4) is 0 Å². The van der Waals surface area contributed by atoms with Crippen molar-refractivity contribution in [3.8, 4) is 11.5 Å². The molecule has 2 aromatic carbocycles. The van der Waals surface area contributed by atoms with Gasteiger partial charge in [0.25, 0.3) is 5.91 Å². The van der Waals surface area contributed by atoms with Gasteiger partial charge < -0.3 is 20.1 Å². The summed E-state index contributed by atoms with van der Waals surface area (Å²) in [5.74, 6) is 2.20. The van der Waals surface area contributed by atoms with Crippen molar-refractivity contribution >= 4 is 17.5 Å². The van der Waals surface area contributed by atoms with Gasteiger partial charge in [-0.2, -0.15) is 10.1 Å². The third-order valence-electron chi connectivity index (χ3n) is 6.13. The van der Waals surface area contributed by atoms with Crippen LogP contribution in [0.15, 0.2) is 54.0 Å². The molecule has 0 saturated carbocycles. The van der Waals surface area contributed by atoms with Gasteiger partial charge in [0.05, 0.1) is 19.3 Å². The summed E-state index contributed by atoms with van der Waals surface area (Å²) in [4.78, 5) is 18.0. The smallest absolute Gasteiger partial charge is 0.255 e. The highest BCUT2D eigenvalue weighted by Gasteiger charge is 2.34. The Morgan fingerprint density at radius 1 is 1.14 bits per heavy atom. The number of carbonyl (C=O) groups is 1. The van der Waals surface area contributed by atoms with Crippen LogP contribution >= 0.6 is 0 Å². The van der Waals surface area contributed by atoms with Crippen LogP contribution < -0.4 is 20.1 Å². The number of benzene rings is 2. The molecule has 0 saturated heterocycles. The molecule has 35 heavy (non-hydrogen) atoms. The Morgan fingerprint density at radius 2 is 1.94 bits per heavy atom. The first-order chi connectivity index (χ1) is 16.8. The summed E-state index contributed by atoms with van der Waals surface area (Å²) in [6.45, 7) is 10.8.